The highest BCUT2D eigenvalue weighted by Crippen LogP contribution is 2.25. The van der Waals surface area contributed by atoms with Crippen molar-refractivity contribution in [1.82, 2.24) is 10.7 Å². The lowest BCUT2D eigenvalue weighted by Gasteiger charge is -2.26. The second kappa shape index (κ2) is 4.68. The fraction of sp³-hybridized carbons (Fsp3) is 0.385. The van der Waals surface area contributed by atoms with E-state index in [-0.39, 0.29) is 11.8 Å². The van der Waals surface area contributed by atoms with Gasteiger partial charge in [0.1, 0.15) is 6.34 Å². The standard InChI is InChI=1S/C13H16N4O/c18-13-12(5-6-15-13)10-1-3-11(4-2-10)17-8-7-14-9-16-17/h1-4,9,12H,5-8H2,(H,14,16)(H,15,18)/t12-/m0/s1. The number of rotatable bonds is 2. The van der Waals surface area contributed by atoms with Crippen molar-refractivity contribution in [3.63, 3.8) is 0 Å². The number of benzene rings is 1. The van der Waals surface area contributed by atoms with Crippen LogP contribution in [0, 0.1) is 0 Å². The Labute approximate surface area is 106 Å². The normalized spacial score (nSPS) is 22.8. The van der Waals surface area contributed by atoms with Crippen molar-refractivity contribution in [2.24, 2.45) is 4.99 Å². The van der Waals surface area contributed by atoms with E-state index in [0.717, 1.165) is 37.3 Å². The predicted molar refractivity (Wildman–Crippen MR) is 70.7 cm³/mol. The van der Waals surface area contributed by atoms with Crippen molar-refractivity contribution >= 4 is 17.9 Å². The van der Waals surface area contributed by atoms with Crippen LogP contribution in [-0.4, -0.2) is 31.9 Å². The Hall–Kier alpha value is -2.04. The SMILES string of the molecule is O=C1NCC[C@H]1c1ccc(N2CCN=CN2)cc1. The lowest BCUT2D eigenvalue weighted by molar-refractivity contribution is -0.120. The number of carbonyl (C=O) groups is 1. The van der Waals surface area contributed by atoms with Crippen molar-refractivity contribution in [1.29, 1.82) is 0 Å². The smallest absolute Gasteiger partial charge is 0.227 e. The maximum Gasteiger partial charge on any atom is 0.227 e. The number of anilines is 1. The Kier molecular flexibility index (Phi) is 2.88. The highest BCUT2D eigenvalue weighted by Gasteiger charge is 2.25. The van der Waals surface area contributed by atoms with E-state index in [4.69, 9.17) is 0 Å². The second-order valence-corrected chi connectivity index (χ2v) is 4.54. The van der Waals surface area contributed by atoms with Gasteiger partial charge in [0.05, 0.1) is 24.7 Å². The Morgan fingerprint density at radius 1 is 1.28 bits per heavy atom. The number of carbonyl (C=O) groups excluding carboxylic acids is 1. The molecule has 1 amide bonds. The summed E-state index contributed by atoms with van der Waals surface area (Å²) in [4.78, 5) is 15.7. The molecule has 2 N–H and O–H groups in total. The average molecular weight is 244 g/mol. The number of hydrazine groups is 1. The van der Waals surface area contributed by atoms with Gasteiger partial charge in [-0.25, -0.2) is 0 Å². The van der Waals surface area contributed by atoms with Crippen LogP contribution in [-0.2, 0) is 4.79 Å². The number of amides is 1. The topological polar surface area (TPSA) is 56.7 Å². The van der Waals surface area contributed by atoms with Crippen molar-refractivity contribution in [2.45, 2.75) is 12.3 Å². The Morgan fingerprint density at radius 2 is 2.11 bits per heavy atom. The summed E-state index contributed by atoms with van der Waals surface area (Å²) >= 11 is 0. The molecular formula is C13H16N4O. The largest absolute Gasteiger partial charge is 0.356 e. The first-order valence-electron chi connectivity index (χ1n) is 6.24. The zero-order valence-electron chi connectivity index (χ0n) is 10.1. The molecule has 0 spiro atoms. The number of nitrogens with zero attached hydrogens (tertiary/aromatic N) is 2. The van der Waals surface area contributed by atoms with Crippen molar-refractivity contribution in [2.75, 3.05) is 24.6 Å². The zero-order chi connectivity index (χ0) is 12.4. The summed E-state index contributed by atoms with van der Waals surface area (Å²) < 4.78 is 0. The van der Waals surface area contributed by atoms with E-state index in [1.54, 1.807) is 6.34 Å². The first-order chi connectivity index (χ1) is 8.84. The summed E-state index contributed by atoms with van der Waals surface area (Å²) in [5.41, 5.74) is 5.29. The average Bonchev–Trinajstić information content (AvgIpc) is 2.86. The Morgan fingerprint density at radius 3 is 2.72 bits per heavy atom. The maximum atomic E-state index is 11.6. The van der Waals surface area contributed by atoms with Gasteiger partial charge in [-0.15, -0.1) is 0 Å². The molecule has 0 saturated carbocycles. The fourth-order valence-corrected chi connectivity index (χ4v) is 2.40. The minimum Gasteiger partial charge on any atom is -0.356 e. The summed E-state index contributed by atoms with van der Waals surface area (Å²) in [5, 5.41) is 4.91. The van der Waals surface area contributed by atoms with E-state index in [0.29, 0.717) is 0 Å². The van der Waals surface area contributed by atoms with Crippen LogP contribution in [0.2, 0.25) is 0 Å². The van der Waals surface area contributed by atoms with E-state index in [9.17, 15) is 4.79 Å². The molecule has 1 aromatic rings. The molecule has 1 saturated heterocycles. The van der Waals surface area contributed by atoms with Gasteiger partial charge in [-0.05, 0) is 24.1 Å². The van der Waals surface area contributed by atoms with E-state index in [1.165, 1.54) is 0 Å². The van der Waals surface area contributed by atoms with E-state index >= 15 is 0 Å². The second-order valence-electron chi connectivity index (χ2n) is 4.54. The van der Waals surface area contributed by atoms with Crippen LogP contribution in [0.4, 0.5) is 5.69 Å². The van der Waals surface area contributed by atoms with E-state index < -0.39 is 0 Å². The third-order valence-corrected chi connectivity index (χ3v) is 3.41. The molecule has 0 radical (unpaired) electrons. The molecule has 5 heteroatoms. The van der Waals surface area contributed by atoms with Crippen molar-refractivity contribution < 1.29 is 4.79 Å². The highest BCUT2D eigenvalue weighted by molar-refractivity contribution is 5.85. The van der Waals surface area contributed by atoms with Gasteiger partial charge in [-0.3, -0.25) is 20.2 Å². The molecular weight excluding hydrogens is 228 g/mol. The minimum absolute atomic E-state index is 0.0231. The first-order valence-corrected chi connectivity index (χ1v) is 6.24. The fourth-order valence-electron chi connectivity index (χ4n) is 2.40. The number of hydrogen-bond donors (Lipinski definition) is 2. The number of aliphatic imine (C=N–C) groups is 1. The quantitative estimate of drug-likeness (QED) is 0.803. The molecule has 2 aliphatic heterocycles. The van der Waals surface area contributed by atoms with E-state index in [1.807, 2.05) is 29.3 Å². The molecule has 2 aliphatic rings. The lowest BCUT2D eigenvalue weighted by atomic mass is 9.97. The van der Waals surface area contributed by atoms with Gasteiger partial charge < -0.3 is 5.32 Å². The van der Waals surface area contributed by atoms with Crippen LogP contribution in [0.1, 0.15) is 17.9 Å². The molecule has 1 atom stereocenters. The third-order valence-electron chi connectivity index (χ3n) is 3.41. The molecule has 1 fully saturated rings. The van der Waals surface area contributed by atoms with Crippen LogP contribution in [0.15, 0.2) is 29.3 Å². The molecule has 5 nitrogen and oxygen atoms in total. The van der Waals surface area contributed by atoms with Gasteiger partial charge >= 0.3 is 0 Å². The number of nitrogens with one attached hydrogen (secondary N) is 2. The molecule has 18 heavy (non-hydrogen) atoms. The third kappa shape index (κ3) is 2.03. The molecule has 0 bridgehead atoms. The van der Waals surface area contributed by atoms with Crippen LogP contribution >= 0.6 is 0 Å². The van der Waals surface area contributed by atoms with Gasteiger partial charge in [0.25, 0.3) is 0 Å². The summed E-state index contributed by atoms with van der Waals surface area (Å²) in [6.45, 7) is 2.45. The first kappa shape index (κ1) is 11.1. The van der Waals surface area contributed by atoms with Crippen LogP contribution < -0.4 is 15.8 Å². The summed E-state index contributed by atoms with van der Waals surface area (Å²) in [6, 6.07) is 8.18. The number of hydrogen-bond acceptors (Lipinski definition) is 4. The van der Waals surface area contributed by atoms with Gasteiger partial charge in [0.15, 0.2) is 0 Å². The highest BCUT2D eigenvalue weighted by atomic mass is 16.2. The Bertz CT molecular complexity index is 468. The lowest BCUT2D eigenvalue weighted by Crippen LogP contribution is -2.42. The summed E-state index contributed by atoms with van der Waals surface area (Å²) in [5.74, 6) is 0.168. The molecule has 0 aliphatic carbocycles. The van der Waals surface area contributed by atoms with Crippen LogP contribution in [0.5, 0.6) is 0 Å². The van der Waals surface area contributed by atoms with Crippen LogP contribution in [0.25, 0.3) is 0 Å². The van der Waals surface area contributed by atoms with E-state index in [2.05, 4.69) is 15.7 Å². The predicted octanol–water partition coefficient (Wildman–Crippen LogP) is 0.643. The van der Waals surface area contributed by atoms with Gasteiger partial charge in [-0.2, -0.15) is 0 Å². The summed E-state index contributed by atoms with van der Waals surface area (Å²) in [7, 11) is 0. The molecule has 0 aromatic heterocycles. The zero-order valence-corrected chi connectivity index (χ0v) is 10.1. The van der Waals surface area contributed by atoms with Gasteiger partial charge in [0, 0.05) is 6.54 Å². The maximum absolute atomic E-state index is 11.6. The van der Waals surface area contributed by atoms with Crippen molar-refractivity contribution in [3.8, 4) is 0 Å². The molecule has 94 valence electrons. The molecule has 1 aromatic carbocycles. The molecule has 0 unspecified atom stereocenters. The monoisotopic (exact) mass is 244 g/mol. The van der Waals surface area contributed by atoms with Gasteiger partial charge in [-0.1, -0.05) is 12.1 Å². The van der Waals surface area contributed by atoms with Crippen molar-refractivity contribution in [3.05, 3.63) is 29.8 Å². The molecule has 2 heterocycles. The van der Waals surface area contributed by atoms with Gasteiger partial charge in [0.2, 0.25) is 5.91 Å². The van der Waals surface area contributed by atoms with Crippen LogP contribution in [0.3, 0.4) is 0 Å². The molecule has 3 rings (SSSR count). The summed E-state index contributed by atoms with van der Waals surface area (Å²) in [6.07, 6.45) is 2.61. The minimum atomic E-state index is 0.0231. The Balaban J connectivity index is 1.76.